The zero-order chi connectivity index (χ0) is 13.4. The van der Waals surface area contributed by atoms with Crippen molar-refractivity contribution in [3.05, 3.63) is 0 Å². The first-order chi connectivity index (χ1) is 8.58. The maximum Gasteiger partial charge on any atom is 0.240 e. The van der Waals surface area contributed by atoms with Crippen LogP contribution >= 0.6 is 0 Å². The minimum absolute atomic E-state index is 0.0461. The molecule has 6 nitrogen and oxygen atoms in total. The molecule has 0 bridgehead atoms. The first kappa shape index (κ1) is 14.9. The third-order valence-electron chi connectivity index (χ3n) is 3.05. The van der Waals surface area contributed by atoms with Crippen LogP contribution in [-0.4, -0.2) is 43.7 Å². The van der Waals surface area contributed by atoms with Crippen LogP contribution < -0.4 is 16.4 Å². The number of ether oxygens (including phenoxy) is 1. The minimum atomic E-state index is -0.835. The molecule has 1 aliphatic rings. The summed E-state index contributed by atoms with van der Waals surface area (Å²) >= 11 is 0. The predicted molar refractivity (Wildman–Crippen MR) is 67.9 cm³/mol. The lowest BCUT2D eigenvalue weighted by Crippen LogP contribution is -2.57. The van der Waals surface area contributed by atoms with Gasteiger partial charge in [0.05, 0.1) is 5.54 Å². The van der Waals surface area contributed by atoms with E-state index >= 15 is 0 Å². The Kier molecular flexibility index (Phi) is 6.07. The molecule has 18 heavy (non-hydrogen) atoms. The number of nitrogens with one attached hydrogen (secondary N) is 2. The Morgan fingerprint density at radius 1 is 1.22 bits per heavy atom. The molecule has 0 aromatic heterocycles. The van der Waals surface area contributed by atoms with Gasteiger partial charge in [-0.3, -0.25) is 9.59 Å². The summed E-state index contributed by atoms with van der Waals surface area (Å²) in [4.78, 5) is 23.2. The fourth-order valence-corrected chi connectivity index (χ4v) is 1.78. The van der Waals surface area contributed by atoms with Gasteiger partial charge in [-0.15, -0.1) is 0 Å². The highest BCUT2D eigenvalue weighted by atomic mass is 16.5. The van der Waals surface area contributed by atoms with Crippen LogP contribution in [0.25, 0.3) is 0 Å². The first-order valence-corrected chi connectivity index (χ1v) is 6.50. The average molecular weight is 257 g/mol. The SMILES string of the molecule is CCCNC(=O)CCNC(=O)C1(N)CCOCC1. The third kappa shape index (κ3) is 4.62. The number of carbonyl (C=O) groups excluding carboxylic acids is 2. The topological polar surface area (TPSA) is 93.5 Å². The lowest BCUT2D eigenvalue weighted by atomic mass is 9.90. The van der Waals surface area contributed by atoms with Crippen molar-refractivity contribution in [3.63, 3.8) is 0 Å². The summed E-state index contributed by atoms with van der Waals surface area (Å²) in [6, 6.07) is 0. The van der Waals surface area contributed by atoms with Gasteiger partial charge < -0.3 is 21.1 Å². The van der Waals surface area contributed by atoms with Crippen molar-refractivity contribution < 1.29 is 14.3 Å². The highest BCUT2D eigenvalue weighted by Crippen LogP contribution is 2.17. The molecule has 0 aromatic rings. The molecule has 1 heterocycles. The van der Waals surface area contributed by atoms with Gasteiger partial charge in [-0.05, 0) is 19.3 Å². The summed E-state index contributed by atoms with van der Waals surface area (Å²) in [5.41, 5.74) is 5.17. The van der Waals surface area contributed by atoms with Gasteiger partial charge >= 0.3 is 0 Å². The number of rotatable bonds is 6. The fourth-order valence-electron chi connectivity index (χ4n) is 1.78. The number of hydrogen-bond donors (Lipinski definition) is 3. The first-order valence-electron chi connectivity index (χ1n) is 6.50. The van der Waals surface area contributed by atoms with E-state index in [1.807, 2.05) is 6.92 Å². The molecule has 1 fully saturated rings. The fraction of sp³-hybridized carbons (Fsp3) is 0.833. The van der Waals surface area contributed by atoms with Crippen molar-refractivity contribution in [1.82, 2.24) is 10.6 Å². The van der Waals surface area contributed by atoms with Crippen LogP contribution in [0.4, 0.5) is 0 Å². The highest BCUT2D eigenvalue weighted by Gasteiger charge is 2.35. The van der Waals surface area contributed by atoms with Crippen molar-refractivity contribution in [1.29, 1.82) is 0 Å². The summed E-state index contributed by atoms with van der Waals surface area (Å²) in [5, 5.41) is 5.47. The molecule has 1 rings (SSSR count). The van der Waals surface area contributed by atoms with E-state index in [0.29, 0.717) is 39.1 Å². The molecule has 0 saturated carbocycles. The second-order valence-electron chi connectivity index (χ2n) is 4.62. The smallest absolute Gasteiger partial charge is 0.240 e. The molecule has 1 saturated heterocycles. The molecule has 0 atom stereocenters. The minimum Gasteiger partial charge on any atom is -0.381 e. The number of amides is 2. The number of hydrogen-bond acceptors (Lipinski definition) is 4. The maximum atomic E-state index is 11.9. The molecular weight excluding hydrogens is 234 g/mol. The number of carbonyl (C=O) groups is 2. The van der Waals surface area contributed by atoms with Crippen LogP contribution in [-0.2, 0) is 14.3 Å². The summed E-state index contributed by atoms with van der Waals surface area (Å²) in [6.45, 7) is 4.02. The molecule has 0 aliphatic carbocycles. The van der Waals surface area contributed by atoms with E-state index in [9.17, 15) is 9.59 Å². The molecule has 6 heteroatoms. The second kappa shape index (κ2) is 7.33. The molecule has 0 radical (unpaired) electrons. The van der Waals surface area contributed by atoms with E-state index in [1.54, 1.807) is 0 Å². The normalized spacial score (nSPS) is 18.1. The zero-order valence-electron chi connectivity index (χ0n) is 11.0. The predicted octanol–water partition coefficient (Wildman–Crippen LogP) is -0.473. The average Bonchev–Trinajstić information content (AvgIpc) is 2.37. The molecule has 0 unspecified atom stereocenters. The van der Waals surface area contributed by atoms with Crippen LogP contribution in [0.5, 0.6) is 0 Å². The molecular formula is C12H23N3O3. The van der Waals surface area contributed by atoms with Gasteiger partial charge in [0.2, 0.25) is 11.8 Å². The molecule has 0 spiro atoms. The molecule has 104 valence electrons. The van der Waals surface area contributed by atoms with E-state index in [0.717, 1.165) is 6.42 Å². The van der Waals surface area contributed by atoms with Crippen LogP contribution in [0.3, 0.4) is 0 Å². The van der Waals surface area contributed by atoms with Gasteiger partial charge in [-0.1, -0.05) is 6.92 Å². The standard InChI is InChI=1S/C12H23N3O3/c1-2-6-14-10(16)3-7-15-11(17)12(13)4-8-18-9-5-12/h2-9,13H2,1H3,(H,14,16)(H,15,17). The van der Waals surface area contributed by atoms with Gasteiger partial charge in [0, 0.05) is 32.7 Å². The van der Waals surface area contributed by atoms with E-state index < -0.39 is 5.54 Å². The lowest BCUT2D eigenvalue weighted by Gasteiger charge is -2.31. The lowest BCUT2D eigenvalue weighted by molar-refractivity contribution is -0.129. The van der Waals surface area contributed by atoms with Crippen molar-refractivity contribution in [2.75, 3.05) is 26.3 Å². The van der Waals surface area contributed by atoms with E-state index in [1.165, 1.54) is 0 Å². The maximum absolute atomic E-state index is 11.9. The van der Waals surface area contributed by atoms with Gasteiger partial charge in [0.15, 0.2) is 0 Å². The summed E-state index contributed by atoms with van der Waals surface area (Å²) in [5.74, 6) is -0.232. The van der Waals surface area contributed by atoms with Crippen LogP contribution in [0, 0.1) is 0 Å². The van der Waals surface area contributed by atoms with E-state index in [2.05, 4.69) is 10.6 Å². The third-order valence-corrected chi connectivity index (χ3v) is 3.05. The largest absolute Gasteiger partial charge is 0.381 e. The van der Waals surface area contributed by atoms with Crippen molar-refractivity contribution in [2.45, 2.75) is 38.1 Å². The van der Waals surface area contributed by atoms with E-state index in [4.69, 9.17) is 10.5 Å². The molecule has 1 aliphatic heterocycles. The molecule has 0 aromatic carbocycles. The summed E-state index contributed by atoms with van der Waals surface area (Å²) in [7, 11) is 0. The Bertz CT molecular complexity index is 288. The van der Waals surface area contributed by atoms with Crippen molar-refractivity contribution in [2.24, 2.45) is 5.73 Å². The van der Waals surface area contributed by atoms with Gasteiger partial charge in [-0.2, -0.15) is 0 Å². The summed E-state index contributed by atoms with van der Waals surface area (Å²) in [6.07, 6.45) is 2.25. The van der Waals surface area contributed by atoms with Gasteiger partial charge in [-0.25, -0.2) is 0 Å². The highest BCUT2D eigenvalue weighted by molar-refractivity contribution is 5.86. The molecule has 2 amide bonds. The quantitative estimate of drug-likeness (QED) is 0.599. The van der Waals surface area contributed by atoms with Crippen LogP contribution in [0.1, 0.15) is 32.6 Å². The second-order valence-corrected chi connectivity index (χ2v) is 4.62. The van der Waals surface area contributed by atoms with E-state index in [-0.39, 0.29) is 18.2 Å². The Hall–Kier alpha value is -1.14. The van der Waals surface area contributed by atoms with Gasteiger partial charge in [0.1, 0.15) is 0 Å². The van der Waals surface area contributed by atoms with Gasteiger partial charge in [0.25, 0.3) is 0 Å². The Balaban J connectivity index is 2.22. The Morgan fingerprint density at radius 2 is 1.89 bits per heavy atom. The van der Waals surface area contributed by atoms with Crippen LogP contribution in [0.15, 0.2) is 0 Å². The monoisotopic (exact) mass is 257 g/mol. The van der Waals surface area contributed by atoms with Crippen molar-refractivity contribution in [3.8, 4) is 0 Å². The Labute approximate surface area is 108 Å². The molecule has 4 N–H and O–H groups in total. The van der Waals surface area contributed by atoms with Crippen molar-refractivity contribution >= 4 is 11.8 Å². The summed E-state index contributed by atoms with van der Waals surface area (Å²) < 4.78 is 5.18. The number of nitrogens with two attached hydrogens (primary N) is 1. The van der Waals surface area contributed by atoms with Crippen LogP contribution in [0.2, 0.25) is 0 Å². The Morgan fingerprint density at radius 3 is 2.50 bits per heavy atom. The zero-order valence-corrected chi connectivity index (χ0v) is 11.0.